The molecular weight excluding hydrogens is 314 g/mol. The Hall–Kier alpha value is -0.870. The summed E-state index contributed by atoms with van der Waals surface area (Å²) in [7, 11) is -4.09. The number of nitriles is 1. The fourth-order valence-electron chi connectivity index (χ4n) is 1.26. The third kappa shape index (κ3) is 3.57. The van der Waals surface area contributed by atoms with Crippen LogP contribution in [0.15, 0.2) is 17.0 Å². The summed E-state index contributed by atoms with van der Waals surface area (Å²) in [6, 6.07) is 3.07. The van der Waals surface area contributed by atoms with Crippen molar-refractivity contribution >= 4 is 33.2 Å². The normalized spacial score (nSPS) is 13.3. The smallest absolute Gasteiger partial charge is 0.207 e. The van der Waals surface area contributed by atoms with Crippen molar-refractivity contribution in [2.45, 2.75) is 24.8 Å². The van der Waals surface area contributed by atoms with Crippen LogP contribution in [0.2, 0.25) is 10.0 Å². The molecule has 4 nitrogen and oxygen atoms in total. The summed E-state index contributed by atoms with van der Waals surface area (Å²) in [5.41, 5.74) is 0. The van der Waals surface area contributed by atoms with E-state index in [1.165, 1.54) is 0 Å². The van der Waals surface area contributed by atoms with Crippen LogP contribution in [0.25, 0.3) is 0 Å². The Kier molecular flexibility index (Phi) is 5.16. The largest absolute Gasteiger partial charge is 0.243 e. The molecule has 0 radical (unpaired) electrons. The molecule has 0 saturated heterocycles. The Morgan fingerprint density at radius 3 is 2.42 bits per heavy atom. The first-order valence-corrected chi connectivity index (χ1v) is 7.50. The predicted octanol–water partition coefficient (Wildman–Crippen LogP) is 2.96. The molecule has 0 spiro atoms. The number of halogens is 3. The maximum Gasteiger partial charge on any atom is 0.243 e. The molecule has 0 fully saturated rings. The van der Waals surface area contributed by atoms with Gasteiger partial charge in [0.2, 0.25) is 10.0 Å². The van der Waals surface area contributed by atoms with Crippen LogP contribution in [-0.4, -0.2) is 14.5 Å². The molecule has 1 aromatic rings. The monoisotopic (exact) mass is 324 g/mol. The molecule has 19 heavy (non-hydrogen) atoms. The van der Waals surface area contributed by atoms with Gasteiger partial charge in [0, 0.05) is 0 Å². The van der Waals surface area contributed by atoms with E-state index in [2.05, 4.69) is 4.72 Å². The Balaban J connectivity index is 3.23. The van der Waals surface area contributed by atoms with Crippen LogP contribution < -0.4 is 4.72 Å². The number of hydrogen-bond donors (Lipinski definition) is 1. The lowest BCUT2D eigenvalue weighted by Crippen LogP contribution is -2.37. The quantitative estimate of drug-likeness (QED) is 0.865. The first-order valence-electron chi connectivity index (χ1n) is 5.26. The minimum Gasteiger partial charge on any atom is -0.207 e. The van der Waals surface area contributed by atoms with Crippen LogP contribution in [0, 0.1) is 23.1 Å². The molecule has 0 aliphatic rings. The molecule has 0 amide bonds. The van der Waals surface area contributed by atoms with E-state index in [0.717, 1.165) is 12.1 Å². The number of rotatable bonds is 4. The highest BCUT2D eigenvalue weighted by Gasteiger charge is 2.26. The third-order valence-electron chi connectivity index (χ3n) is 2.38. The van der Waals surface area contributed by atoms with Crippen molar-refractivity contribution in [2.24, 2.45) is 5.92 Å². The van der Waals surface area contributed by atoms with Crippen molar-refractivity contribution in [1.82, 2.24) is 4.72 Å². The number of hydrogen-bond acceptors (Lipinski definition) is 3. The fourth-order valence-corrected chi connectivity index (χ4v) is 3.29. The molecule has 0 aliphatic heterocycles. The van der Waals surface area contributed by atoms with Crippen molar-refractivity contribution in [1.29, 1.82) is 5.26 Å². The lowest BCUT2D eigenvalue weighted by atomic mass is 10.1. The Labute approximate surface area is 121 Å². The van der Waals surface area contributed by atoms with Gasteiger partial charge in [-0.25, -0.2) is 12.8 Å². The molecule has 0 aliphatic carbocycles. The first kappa shape index (κ1) is 16.2. The summed E-state index contributed by atoms with van der Waals surface area (Å²) in [4.78, 5) is -0.447. The Morgan fingerprint density at radius 2 is 1.95 bits per heavy atom. The summed E-state index contributed by atoms with van der Waals surface area (Å²) in [6.45, 7) is 3.36. The van der Waals surface area contributed by atoms with Gasteiger partial charge in [-0.1, -0.05) is 37.0 Å². The molecule has 1 atom stereocenters. The first-order chi connectivity index (χ1) is 8.70. The standard InChI is InChI=1S/C11H11Cl2FN2O2S/c1-6(2)8(5-15)16-19(17,18)9-4-3-7(12)11(14)10(9)13/h3-4,6,8,16H,1-2H3. The van der Waals surface area contributed by atoms with Gasteiger partial charge in [0.05, 0.1) is 16.1 Å². The molecule has 0 bridgehead atoms. The van der Waals surface area contributed by atoms with Crippen LogP contribution in [0.3, 0.4) is 0 Å². The zero-order valence-electron chi connectivity index (χ0n) is 10.1. The lowest BCUT2D eigenvalue weighted by Gasteiger charge is -2.16. The van der Waals surface area contributed by atoms with Crippen molar-refractivity contribution < 1.29 is 12.8 Å². The summed E-state index contributed by atoms with van der Waals surface area (Å²) in [5, 5.41) is 8.00. The molecule has 1 N–H and O–H groups in total. The van der Waals surface area contributed by atoms with Crippen molar-refractivity contribution in [2.75, 3.05) is 0 Å². The van der Waals surface area contributed by atoms with E-state index in [1.54, 1.807) is 13.8 Å². The molecule has 104 valence electrons. The van der Waals surface area contributed by atoms with Gasteiger partial charge < -0.3 is 0 Å². The highest BCUT2D eigenvalue weighted by molar-refractivity contribution is 7.89. The van der Waals surface area contributed by atoms with Gasteiger partial charge in [-0.3, -0.25) is 0 Å². The van der Waals surface area contributed by atoms with Crippen LogP contribution in [0.5, 0.6) is 0 Å². The molecule has 0 heterocycles. The maximum atomic E-state index is 13.5. The predicted molar refractivity (Wildman–Crippen MR) is 71.0 cm³/mol. The van der Waals surface area contributed by atoms with Gasteiger partial charge in [-0.05, 0) is 18.1 Å². The number of nitrogens with one attached hydrogen (secondary N) is 1. The second kappa shape index (κ2) is 6.06. The topological polar surface area (TPSA) is 70.0 Å². The SMILES string of the molecule is CC(C)C(C#N)NS(=O)(=O)c1ccc(Cl)c(F)c1Cl. The lowest BCUT2D eigenvalue weighted by molar-refractivity contribution is 0.514. The zero-order valence-corrected chi connectivity index (χ0v) is 12.4. The Morgan fingerprint density at radius 1 is 1.37 bits per heavy atom. The highest BCUT2D eigenvalue weighted by atomic mass is 35.5. The van der Waals surface area contributed by atoms with Crippen LogP contribution in [0.1, 0.15) is 13.8 Å². The van der Waals surface area contributed by atoms with Gasteiger partial charge in [-0.15, -0.1) is 0 Å². The molecule has 8 heteroatoms. The second-order valence-corrected chi connectivity index (χ2v) is 6.61. The summed E-state index contributed by atoms with van der Waals surface area (Å²) in [6.07, 6.45) is 0. The summed E-state index contributed by atoms with van der Waals surface area (Å²) >= 11 is 11.1. The van der Waals surface area contributed by atoms with Crippen LogP contribution in [0.4, 0.5) is 4.39 Å². The van der Waals surface area contributed by atoms with E-state index in [9.17, 15) is 12.8 Å². The summed E-state index contributed by atoms with van der Waals surface area (Å²) < 4.78 is 39.7. The summed E-state index contributed by atoms with van der Waals surface area (Å²) in [5.74, 6) is -1.25. The highest BCUT2D eigenvalue weighted by Crippen LogP contribution is 2.29. The van der Waals surface area contributed by atoms with E-state index in [4.69, 9.17) is 28.5 Å². The van der Waals surface area contributed by atoms with E-state index < -0.39 is 31.8 Å². The van der Waals surface area contributed by atoms with Gasteiger partial charge in [0.25, 0.3) is 0 Å². The average molecular weight is 325 g/mol. The molecular formula is C11H11Cl2FN2O2S. The molecule has 0 saturated carbocycles. The van der Waals surface area contributed by atoms with E-state index in [-0.39, 0.29) is 10.9 Å². The van der Waals surface area contributed by atoms with Gasteiger partial charge >= 0.3 is 0 Å². The molecule has 1 aromatic carbocycles. The van der Waals surface area contributed by atoms with E-state index in [0.29, 0.717) is 0 Å². The molecule has 0 aromatic heterocycles. The van der Waals surface area contributed by atoms with Crippen LogP contribution >= 0.6 is 23.2 Å². The zero-order chi connectivity index (χ0) is 14.8. The Bertz CT molecular complexity index is 626. The minimum absolute atomic E-state index is 0.240. The molecule has 1 rings (SSSR count). The minimum atomic E-state index is -4.09. The van der Waals surface area contributed by atoms with Gasteiger partial charge in [0.15, 0.2) is 5.82 Å². The van der Waals surface area contributed by atoms with E-state index >= 15 is 0 Å². The third-order valence-corrected chi connectivity index (χ3v) is 4.63. The van der Waals surface area contributed by atoms with Crippen molar-refractivity contribution in [3.05, 3.63) is 28.0 Å². The molecule has 1 unspecified atom stereocenters. The number of sulfonamides is 1. The van der Waals surface area contributed by atoms with Gasteiger partial charge in [0.1, 0.15) is 10.9 Å². The second-order valence-electron chi connectivity index (χ2n) is 4.15. The van der Waals surface area contributed by atoms with Crippen molar-refractivity contribution in [3.8, 4) is 6.07 Å². The average Bonchev–Trinajstić information content (AvgIpc) is 2.32. The maximum absolute atomic E-state index is 13.5. The van der Waals surface area contributed by atoms with Crippen LogP contribution in [-0.2, 0) is 10.0 Å². The van der Waals surface area contributed by atoms with Gasteiger partial charge in [-0.2, -0.15) is 9.98 Å². The van der Waals surface area contributed by atoms with Crippen molar-refractivity contribution in [3.63, 3.8) is 0 Å². The number of benzene rings is 1. The fraction of sp³-hybridized carbons (Fsp3) is 0.364. The number of nitrogens with zero attached hydrogens (tertiary/aromatic N) is 1. The van der Waals surface area contributed by atoms with E-state index in [1.807, 2.05) is 6.07 Å².